The first-order valence-corrected chi connectivity index (χ1v) is 9.31. The molecule has 0 fully saturated rings. The van der Waals surface area contributed by atoms with Crippen molar-refractivity contribution in [2.75, 3.05) is 6.61 Å². The lowest BCUT2D eigenvalue weighted by Crippen LogP contribution is -2.25. The molecule has 4 nitrogen and oxygen atoms in total. The van der Waals surface area contributed by atoms with Crippen LogP contribution in [0.3, 0.4) is 0 Å². The van der Waals surface area contributed by atoms with Gasteiger partial charge in [-0.05, 0) is 44.4 Å². The molecule has 0 radical (unpaired) electrons. The maximum atomic E-state index is 12.4. The van der Waals surface area contributed by atoms with Gasteiger partial charge in [0.25, 0.3) is 0 Å². The lowest BCUT2D eigenvalue weighted by Gasteiger charge is -2.22. The van der Waals surface area contributed by atoms with E-state index in [4.69, 9.17) is 9.47 Å². The van der Waals surface area contributed by atoms with E-state index in [1.54, 1.807) is 6.92 Å². The second-order valence-corrected chi connectivity index (χ2v) is 7.49. The third-order valence-electron chi connectivity index (χ3n) is 4.02. The molecule has 2 rings (SSSR count). The van der Waals surface area contributed by atoms with Crippen molar-refractivity contribution in [2.24, 2.45) is 0 Å². The molecule has 2 aromatic carbocycles. The summed E-state index contributed by atoms with van der Waals surface area (Å²) in [6.45, 7) is 7.60. The summed E-state index contributed by atoms with van der Waals surface area (Å²) in [7, 11) is 0. The summed E-state index contributed by atoms with van der Waals surface area (Å²) in [4.78, 5) is 24.4. The van der Waals surface area contributed by atoms with Gasteiger partial charge in [0, 0.05) is 5.92 Å². The van der Waals surface area contributed by atoms with Gasteiger partial charge in [-0.1, -0.05) is 54.6 Å². The third-order valence-corrected chi connectivity index (χ3v) is 4.02. The number of hydrogen-bond acceptors (Lipinski definition) is 4. The standard InChI is InChI=1S/C23H28O4/c1-5-26-21(24)15-20(16-22(25)27-23(2,3)4)19-13-9-12-18(14-19)17-10-7-6-8-11-17/h6-14,20H,5,15-16H2,1-4H3/t20-/m1/s1. The third kappa shape index (κ3) is 6.89. The molecular formula is C23H28O4. The summed E-state index contributed by atoms with van der Waals surface area (Å²) in [6, 6.07) is 18.0. The van der Waals surface area contributed by atoms with Gasteiger partial charge in [0.2, 0.25) is 0 Å². The predicted octanol–water partition coefficient (Wildman–Crippen LogP) is 5.12. The number of benzene rings is 2. The van der Waals surface area contributed by atoms with Gasteiger partial charge >= 0.3 is 11.9 Å². The highest BCUT2D eigenvalue weighted by Gasteiger charge is 2.24. The lowest BCUT2D eigenvalue weighted by molar-refractivity contribution is -0.155. The Hall–Kier alpha value is -2.62. The van der Waals surface area contributed by atoms with Crippen LogP contribution < -0.4 is 0 Å². The summed E-state index contributed by atoms with van der Waals surface area (Å²) in [5.41, 5.74) is 2.50. The second-order valence-electron chi connectivity index (χ2n) is 7.49. The van der Waals surface area contributed by atoms with Crippen LogP contribution in [0, 0.1) is 0 Å². The summed E-state index contributed by atoms with van der Waals surface area (Å²) < 4.78 is 10.6. The second kappa shape index (κ2) is 9.36. The number of esters is 2. The number of carbonyl (C=O) groups excluding carboxylic acids is 2. The maximum absolute atomic E-state index is 12.4. The highest BCUT2D eigenvalue weighted by atomic mass is 16.6. The highest BCUT2D eigenvalue weighted by molar-refractivity contribution is 5.75. The molecule has 0 aliphatic rings. The Morgan fingerprint density at radius 1 is 0.889 bits per heavy atom. The molecule has 0 unspecified atom stereocenters. The first-order chi connectivity index (χ1) is 12.8. The Balaban J connectivity index is 2.26. The van der Waals surface area contributed by atoms with Crippen molar-refractivity contribution in [3.63, 3.8) is 0 Å². The first kappa shape index (κ1) is 20.7. The minimum atomic E-state index is -0.558. The van der Waals surface area contributed by atoms with Crippen LogP contribution in [0.25, 0.3) is 11.1 Å². The van der Waals surface area contributed by atoms with E-state index in [9.17, 15) is 9.59 Å². The fourth-order valence-corrected chi connectivity index (χ4v) is 2.92. The first-order valence-electron chi connectivity index (χ1n) is 9.31. The summed E-state index contributed by atoms with van der Waals surface area (Å²) in [5.74, 6) is -0.916. The van der Waals surface area contributed by atoms with E-state index in [2.05, 4.69) is 0 Å². The number of ether oxygens (including phenoxy) is 2. The van der Waals surface area contributed by atoms with E-state index in [1.165, 1.54) is 0 Å². The average Bonchev–Trinajstić information content (AvgIpc) is 2.61. The van der Waals surface area contributed by atoms with Gasteiger partial charge in [0.15, 0.2) is 0 Å². The molecule has 0 amide bonds. The van der Waals surface area contributed by atoms with Crippen molar-refractivity contribution in [3.05, 3.63) is 60.2 Å². The van der Waals surface area contributed by atoms with E-state index < -0.39 is 5.60 Å². The van der Waals surface area contributed by atoms with Gasteiger partial charge in [-0.2, -0.15) is 0 Å². The van der Waals surface area contributed by atoms with Crippen molar-refractivity contribution in [2.45, 2.75) is 52.1 Å². The van der Waals surface area contributed by atoms with Crippen LogP contribution in [-0.4, -0.2) is 24.1 Å². The quantitative estimate of drug-likeness (QED) is 0.636. The van der Waals surface area contributed by atoms with E-state index in [1.807, 2.05) is 75.4 Å². The molecule has 0 saturated carbocycles. The van der Waals surface area contributed by atoms with Crippen LogP contribution in [0.2, 0.25) is 0 Å². The maximum Gasteiger partial charge on any atom is 0.306 e. The van der Waals surface area contributed by atoms with Crippen molar-refractivity contribution in [1.29, 1.82) is 0 Å². The zero-order valence-electron chi connectivity index (χ0n) is 16.5. The molecule has 0 spiro atoms. The molecule has 0 N–H and O–H groups in total. The Morgan fingerprint density at radius 3 is 2.15 bits per heavy atom. The molecule has 27 heavy (non-hydrogen) atoms. The van der Waals surface area contributed by atoms with Crippen LogP contribution in [-0.2, 0) is 19.1 Å². The minimum absolute atomic E-state index is 0.133. The number of hydrogen-bond donors (Lipinski definition) is 0. The lowest BCUT2D eigenvalue weighted by atomic mass is 9.90. The number of carbonyl (C=O) groups is 2. The van der Waals surface area contributed by atoms with Crippen molar-refractivity contribution < 1.29 is 19.1 Å². The average molecular weight is 368 g/mol. The van der Waals surface area contributed by atoms with E-state index in [0.717, 1.165) is 16.7 Å². The molecule has 4 heteroatoms. The van der Waals surface area contributed by atoms with Gasteiger partial charge in [-0.3, -0.25) is 9.59 Å². The van der Waals surface area contributed by atoms with Crippen LogP contribution in [0.4, 0.5) is 0 Å². The molecule has 0 bridgehead atoms. The summed E-state index contributed by atoms with van der Waals surface area (Å²) in [6.07, 6.45) is 0.277. The van der Waals surface area contributed by atoms with Gasteiger partial charge in [-0.15, -0.1) is 0 Å². The summed E-state index contributed by atoms with van der Waals surface area (Å²) >= 11 is 0. The molecule has 1 atom stereocenters. The van der Waals surface area contributed by atoms with E-state index in [-0.39, 0.29) is 30.7 Å². The van der Waals surface area contributed by atoms with Crippen LogP contribution in [0.1, 0.15) is 52.0 Å². The molecule has 0 aliphatic carbocycles. The molecule has 0 aromatic heterocycles. The van der Waals surface area contributed by atoms with Gasteiger partial charge in [-0.25, -0.2) is 0 Å². The smallest absolute Gasteiger partial charge is 0.306 e. The van der Waals surface area contributed by atoms with Crippen LogP contribution >= 0.6 is 0 Å². The van der Waals surface area contributed by atoms with Crippen molar-refractivity contribution in [3.8, 4) is 11.1 Å². The fraction of sp³-hybridized carbons (Fsp3) is 0.391. The number of rotatable bonds is 7. The minimum Gasteiger partial charge on any atom is -0.466 e. The molecule has 144 valence electrons. The molecule has 0 saturated heterocycles. The van der Waals surface area contributed by atoms with Gasteiger partial charge < -0.3 is 9.47 Å². The van der Waals surface area contributed by atoms with E-state index >= 15 is 0 Å². The zero-order valence-corrected chi connectivity index (χ0v) is 16.5. The molecule has 0 heterocycles. The highest BCUT2D eigenvalue weighted by Crippen LogP contribution is 2.29. The topological polar surface area (TPSA) is 52.6 Å². The molecular weight excluding hydrogens is 340 g/mol. The summed E-state index contributed by atoms with van der Waals surface area (Å²) in [5, 5.41) is 0. The molecule has 2 aromatic rings. The Bertz CT molecular complexity index is 759. The van der Waals surface area contributed by atoms with Crippen LogP contribution in [0.5, 0.6) is 0 Å². The fourth-order valence-electron chi connectivity index (χ4n) is 2.92. The van der Waals surface area contributed by atoms with Gasteiger partial charge in [0.1, 0.15) is 5.60 Å². The van der Waals surface area contributed by atoms with E-state index in [0.29, 0.717) is 6.61 Å². The Labute approximate surface area is 161 Å². The predicted molar refractivity (Wildman–Crippen MR) is 106 cm³/mol. The Kier molecular flexibility index (Phi) is 7.17. The van der Waals surface area contributed by atoms with Crippen molar-refractivity contribution >= 4 is 11.9 Å². The normalized spacial score (nSPS) is 12.3. The largest absolute Gasteiger partial charge is 0.466 e. The monoisotopic (exact) mass is 368 g/mol. The van der Waals surface area contributed by atoms with Crippen LogP contribution in [0.15, 0.2) is 54.6 Å². The SMILES string of the molecule is CCOC(=O)C[C@H](CC(=O)OC(C)(C)C)c1cccc(-c2ccccc2)c1. The zero-order chi connectivity index (χ0) is 19.9. The molecule has 0 aliphatic heterocycles. The van der Waals surface area contributed by atoms with Crippen molar-refractivity contribution in [1.82, 2.24) is 0 Å². The van der Waals surface area contributed by atoms with Gasteiger partial charge in [0.05, 0.1) is 19.4 Å². The Morgan fingerprint density at radius 2 is 1.52 bits per heavy atom.